The second-order valence-electron chi connectivity index (χ2n) is 4.73. The second-order valence-corrected chi connectivity index (χ2v) is 8.35. The van der Waals surface area contributed by atoms with Crippen LogP contribution in [0.4, 0.5) is 0 Å². The van der Waals surface area contributed by atoms with Crippen LogP contribution in [0.1, 0.15) is 12.0 Å². The largest absolute Gasteiger partial charge is 0.396 e. The molecule has 1 aromatic carbocycles. The summed E-state index contributed by atoms with van der Waals surface area (Å²) in [5.41, 5.74) is 0.973. The van der Waals surface area contributed by atoms with Crippen molar-refractivity contribution in [3.63, 3.8) is 0 Å². The van der Waals surface area contributed by atoms with Crippen LogP contribution in [-0.2, 0) is 10.0 Å². The number of aliphatic hydroxyl groups excluding tert-OH is 1. The molecule has 1 fully saturated rings. The molecule has 0 spiro atoms. The number of rotatable bonds is 3. The third-order valence-electron chi connectivity index (χ3n) is 3.34. The van der Waals surface area contributed by atoms with Gasteiger partial charge in [0.15, 0.2) is 0 Å². The normalized spacial score (nSPS) is 20.9. The highest BCUT2D eigenvalue weighted by Gasteiger charge is 2.33. The van der Waals surface area contributed by atoms with Crippen LogP contribution in [0.2, 0.25) is 0 Å². The Morgan fingerprint density at radius 1 is 1.37 bits per heavy atom. The standard InChI is InChI=1S/C12H15Br2NO3S/c1-8-4-11(14)12(5-10(8)13)19(17,18)15-3-2-9(6-15)7-16/h4-5,9,16H,2-3,6-7H2,1H3. The first-order chi connectivity index (χ1) is 8.86. The van der Waals surface area contributed by atoms with Gasteiger partial charge in [-0.15, -0.1) is 0 Å². The van der Waals surface area contributed by atoms with E-state index in [1.54, 1.807) is 12.1 Å². The number of aliphatic hydroxyl groups is 1. The molecule has 0 aromatic heterocycles. The molecule has 1 unspecified atom stereocenters. The number of nitrogens with zero attached hydrogens (tertiary/aromatic N) is 1. The molecule has 4 nitrogen and oxygen atoms in total. The number of hydrogen-bond acceptors (Lipinski definition) is 3. The van der Waals surface area contributed by atoms with Crippen LogP contribution in [-0.4, -0.2) is 37.5 Å². The molecule has 0 radical (unpaired) electrons. The zero-order chi connectivity index (χ0) is 14.2. The SMILES string of the molecule is Cc1cc(Br)c(S(=O)(=O)N2CCC(CO)C2)cc1Br. The van der Waals surface area contributed by atoms with Gasteiger partial charge in [-0.05, 0) is 52.9 Å². The number of halogens is 2. The fourth-order valence-electron chi connectivity index (χ4n) is 2.13. The zero-order valence-electron chi connectivity index (χ0n) is 10.4. The maximum Gasteiger partial charge on any atom is 0.244 e. The molecule has 1 aromatic rings. The molecule has 19 heavy (non-hydrogen) atoms. The Bertz CT molecular complexity index is 589. The molecule has 106 valence electrons. The molecule has 0 bridgehead atoms. The zero-order valence-corrected chi connectivity index (χ0v) is 14.4. The summed E-state index contributed by atoms with van der Waals surface area (Å²) < 4.78 is 27.9. The van der Waals surface area contributed by atoms with E-state index in [4.69, 9.17) is 5.11 Å². The van der Waals surface area contributed by atoms with Gasteiger partial charge >= 0.3 is 0 Å². The predicted molar refractivity (Wildman–Crippen MR) is 80.5 cm³/mol. The molecule has 0 amide bonds. The monoisotopic (exact) mass is 411 g/mol. The van der Waals surface area contributed by atoms with Crippen molar-refractivity contribution in [1.29, 1.82) is 0 Å². The highest BCUT2D eigenvalue weighted by atomic mass is 79.9. The van der Waals surface area contributed by atoms with Crippen LogP contribution >= 0.6 is 31.9 Å². The number of benzene rings is 1. The third-order valence-corrected chi connectivity index (χ3v) is 7.02. The first-order valence-corrected chi connectivity index (χ1v) is 8.95. The van der Waals surface area contributed by atoms with Gasteiger partial charge in [0, 0.05) is 28.6 Å². The van der Waals surface area contributed by atoms with Gasteiger partial charge in [0.1, 0.15) is 0 Å². The lowest BCUT2D eigenvalue weighted by Gasteiger charge is -2.18. The van der Waals surface area contributed by atoms with Gasteiger partial charge in [-0.3, -0.25) is 0 Å². The molecular weight excluding hydrogens is 398 g/mol. The fourth-order valence-corrected chi connectivity index (χ4v) is 5.30. The van der Waals surface area contributed by atoms with Crippen molar-refractivity contribution >= 4 is 41.9 Å². The summed E-state index contributed by atoms with van der Waals surface area (Å²) in [7, 11) is -3.51. The molecule has 1 atom stereocenters. The van der Waals surface area contributed by atoms with Crippen molar-refractivity contribution in [3.8, 4) is 0 Å². The lowest BCUT2D eigenvalue weighted by molar-refractivity contribution is 0.233. The summed E-state index contributed by atoms with van der Waals surface area (Å²) >= 11 is 6.68. The Labute approximate surface area is 130 Å². The number of aryl methyl sites for hydroxylation is 1. The molecule has 7 heteroatoms. The molecule has 1 N–H and O–H groups in total. The second kappa shape index (κ2) is 5.81. The average Bonchev–Trinajstić information content (AvgIpc) is 2.83. The smallest absolute Gasteiger partial charge is 0.244 e. The molecule has 1 heterocycles. The van der Waals surface area contributed by atoms with E-state index < -0.39 is 10.0 Å². The Morgan fingerprint density at radius 2 is 2.05 bits per heavy atom. The van der Waals surface area contributed by atoms with Crippen LogP contribution < -0.4 is 0 Å². The Balaban J connectivity index is 2.38. The van der Waals surface area contributed by atoms with E-state index in [0.717, 1.165) is 10.0 Å². The number of sulfonamides is 1. The average molecular weight is 413 g/mol. The van der Waals surface area contributed by atoms with Crippen LogP contribution in [0.15, 0.2) is 26.0 Å². The first kappa shape index (κ1) is 15.4. The predicted octanol–water partition coefficient (Wildman–Crippen LogP) is 2.52. The summed E-state index contributed by atoms with van der Waals surface area (Å²) in [5, 5.41) is 9.12. The van der Waals surface area contributed by atoms with Crippen molar-refractivity contribution in [2.75, 3.05) is 19.7 Å². The van der Waals surface area contributed by atoms with Gasteiger partial charge in [-0.25, -0.2) is 8.42 Å². The highest BCUT2D eigenvalue weighted by molar-refractivity contribution is 9.11. The summed E-state index contributed by atoms with van der Waals surface area (Å²) in [4.78, 5) is 0.267. The van der Waals surface area contributed by atoms with E-state index in [-0.39, 0.29) is 17.4 Å². The van der Waals surface area contributed by atoms with Gasteiger partial charge in [0.25, 0.3) is 0 Å². The molecule has 1 aliphatic rings. The van der Waals surface area contributed by atoms with Crippen LogP contribution in [0.5, 0.6) is 0 Å². The van der Waals surface area contributed by atoms with Gasteiger partial charge in [0.05, 0.1) is 4.90 Å². The van der Waals surface area contributed by atoms with Crippen LogP contribution in [0.25, 0.3) is 0 Å². The topological polar surface area (TPSA) is 57.6 Å². The highest BCUT2D eigenvalue weighted by Crippen LogP contribution is 2.32. The molecule has 1 saturated heterocycles. The number of hydrogen-bond donors (Lipinski definition) is 1. The molecular formula is C12H15Br2NO3S. The minimum absolute atomic E-state index is 0.0325. The van der Waals surface area contributed by atoms with E-state index in [0.29, 0.717) is 24.0 Å². The summed E-state index contributed by atoms with van der Waals surface area (Å²) in [5.74, 6) is 0.0439. The minimum atomic E-state index is -3.51. The van der Waals surface area contributed by atoms with Gasteiger partial charge in [-0.1, -0.05) is 15.9 Å². The van der Waals surface area contributed by atoms with Gasteiger partial charge < -0.3 is 5.11 Å². The van der Waals surface area contributed by atoms with Crippen molar-refractivity contribution in [2.45, 2.75) is 18.2 Å². The molecule has 0 aliphatic carbocycles. The third kappa shape index (κ3) is 3.05. The maximum absolute atomic E-state index is 12.6. The Morgan fingerprint density at radius 3 is 2.63 bits per heavy atom. The van der Waals surface area contributed by atoms with Crippen molar-refractivity contribution < 1.29 is 13.5 Å². The van der Waals surface area contributed by atoms with E-state index >= 15 is 0 Å². The lowest BCUT2D eigenvalue weighted by Crippen LogP contribution is -2.29. The van der Waals surface area contributed by atoms with Gasteiger partial charge in [-0.2, -0.15) is 4.31 Å². The van der Waals surface area contributed by atoms with Crippen molar-refractivity contribution in [2.24, 2.45) is 5.92 Å². The lowest BCUT2D eigenvalue weighted by atomic mass is 10.1. The minimum Gasteiger partial charge on any atom is -0.396 e. The fraction of sp³-hybridized carbons (Fsp3) is 0.500. The van der Waals surface area contributed by atoms with Crippen molar-refractivity contribution in [3.05, 3.63) is 26.6 Å². The Hall–Kier alpha value is 0.0500. The van der Waals surface area contributed by atoms with Crippen LogP contribution in [0.3, 0.4) is 0 Å². The van der Waals surface area contributed by atoms with E-state index in [9.17, 15) is 8.42 Å². The van der Waals surface area contributed by atoms with Crippen molar-refractivity contribution in [1.82, 2.24) is 4.31 Å². The first-order valence-electron chi connectivity index (χ1n) is 5.93. The summed E-state index contributed by atoms with van der Waals surface area (Å²) in [6.45, 7) is 2.79. The summed E-state index contributed by atoms with van der Waals surface area (Å²) in [6.07, 6.45) is 0.709. The van der Waals surface area contributed by atoms with E-state index in [1.807, 2.05) is 6.92 Å². The molecule has 0 saturated carbocycles. The maximum atomic E-state index is 12.6. The molecule has 2 rings (SSSR count). The summed E-state index contributed by atoms with van der Waals surface area (Å²) in [6, 6.07) is 3.41. The van der Waals surface area contributed by atoms with E-state index in [2.05, 4.69) is 31.9 Å². The Kier molecular flexibility index (Phi) is 4.72. The van der Waals surface area contributed by atoms with E-state index in [1.165, 1.54) is 4.31 Å². The van der Waals surface area contributed by atoms with Gasteiger partial charge in [0.2, 0.25) is 10.0 Å². The molecule has 1 aliphatic heterocycles. The quantitative estimate of drug-likeness (QED) is 0.829. The van der Waals surface area contributed by atoms with Crippen LogP contribution in [0, 0.1) is 12.8 Å².